The molecule has 19 heavy (non-hydrogen) atoms. The molecule has 2 fully saturated rings. The summed E-state index contributed by atoms with van der Waals surface area (Å²) in [5.41, 5.74) is 0. The standard InChI is InChI=1S/C13H20N2O3S/c1-2-3-4-7-14-13(18)15-10(12(16)17)8-19-11(15)9-5-6-9/h2-3,9-11H,4-8H2,1H3,(H,14,18)(H,16,17)/b3-2+. The number of carboxylic acid groups (broad SMARTS) is 1. The number of hydrogen-bond donors (Lipinski definition) is 2. The Kier molecular flexibility index (Phi) is 4.74. The first-order valence-corrected chi connectivity index (χ1v) is 7.71. The van der Waals surface area contributed by atoms with E-state index in [2.05, 4.69) is 5.32 Å². The van der Waals surface area contributed by atoms with Gasteiger partial charge in [0.1, 0.15) is 6.04 Å². The minimum Gasteiger partial charge on any atom is -0.480 e. The Balaban J connectivity index is 1.95. The minimum absolute atomic E-state index is 0.0443. The first-order chi connectivity index (χ1) is 9.15. The summed E-state index contributed by atoms with van der Waals surface area (Å²) < 4.78 is 0. The lowest BCUT2D eigenvalue weighted by Gasteiger charge is -2.27. The first-order valence-electron chi connectivity index (χ1n) is 6.67. The largest absolute Gasteiger partial charge is 0.480 e. The predicted molar refractivity (Wildman–Crippen MR) is 75.1 cm³/mol. The number of carboxylic acids is 1. The highest BCUT2D eigenvalue weighted by molar-refractivity contribution is 8.00. The van der Waals surface area contributed by atoms with Crippen LogP contribution in [0.1, 0.15) is 26.2 Å². The van der Waals surface area contributed by atoms with Gasteiger partial charge in [-0.2, -0.15) is 0 Å². The van der Waals surface area contributed by atoms with E-state index in [1.54, 1.807) is 16.7 Å². The Morgan fingerprint density at radius 3 is 2.79 bits per heavy atom. The van der Waals surface area contributed by atoms with Crippen molar-refractivity contribution >= 4 is 23.8 Å². The van der Waals surface area contributed by atoms with Gasteiger partial charge in [-0.3, -0.25) is 4.90 Å². The van der Waals surface area contributed by atoms with Crippen LogP contribution in [-0.4, -0.2) is 45.7 Å². The monoisotopic (exact) mass is 284 g/mol. The fourth-order valence-corrected chi connectivity index (χ4v) is 3.87. The molecule has 1 aliphatic carbocycles. The number of hydrogen-bond acceptors (Lipinski definition) is 3. The average molecular weight is 284 g/mol. The van der Waals surface area contributed by atoms with Gasteiger partial charge in [-0.15, -0.1) is 11.8 Å². The molecule has 2 amide bonds. The zero-order valence-electron chi connectivity index (χ0n) is 11.0. The number of allylic oxidation sites excluding steroid dienone is 1. The zero-order chi connectivity index (χ0) is 13.8. The van der Waals surface area contributed by atoms with Crippen LogP contribution in [-0.2, 0) is 4.79 Å². The molecule has 1 aliphatic heterocycles. The van der Waals surface area contributed by atoms with Crippen molar-refractivity contribution in [3.8, 4) is 0 Å². The van der Waals surface area contributed by atoms with Crippen LogP contribution in [0.25, 0.3) is 0 Å². The zero-order valence-corrected chi connectivity index (χ0v) is 11.9. The molecular formula is C13H20N2O3S. The molecule has 106 valence electrons. The van der Waals surface area contributed by atoms with E-state index in [4.69, 9.17) is 0 Å². The summed E-state index contributed by atoms with van der Waals surface area (Å²) in [6, 6.07) is -0.920. The maximum atomic E-state index is 12.2. The molecule has 2 aliphatic rings. The number of nitrogens with zero attached hydrogens (tertiary/aromatic N) is 1. The van der Waals surface area contributed by atoms with Gasteiger partial charge >= 0.3 is 12.0 Å². The second-order valence-electron chi connectivity index (χ2n) is 4.91. The number of thioether (sulfide) groups is 1. The summed E-state index contributed by atoms with van der Waals surface area (Å²) in [6.45, 7) is 2.48. The van der Waals surface area contributed by atoms with Crippen LogP contribution in [0.5, 0.6) is 0 Å². The lowest BCUT2D eigenvalue weighted by molar-refractivity contribution is -0.141. The molecule has 2 atom stereocenters. The highest BCUT2D eigenvalue weighted by Gasteiger charge is 2.47. The van der Waals surface area contributed by atoms with Gasteiger partial charge in [-0.25, -0.2) is 9.59 Å². The van der Waals surface area contributed by atoms with Crippen LogP contribution in [0.4, 0.5) is 4.79 Å². The highest BCUT2D eigenvalue weighted by atomic mass is 32.2. The van der Waals surface area contributed by atoms with Gasteiger partial charge in [-0.05, 0) is 32.1 Å². The molecule has 0 aromatic rings. The quantitative estimate of drug-likeness (QED) is 0.597. The molecule has 0 bridgehead atoms. The Labute approximate surface area is 117 Å². The van der Waals surface area contributed by atoms with Crippen molar-refractivity contribution in [1.29, 1.82) is 0 Å². The second kappa shape index (κ2) is 6.32. The number of carbonyl (C=O) groups is 2. The number of urea groups is 1. The van der Waals surface area contributed by atoms with E-state index >= 15 is 0 Å². The molecule has 6 heteroatoms. The third-order valence-corrected chi connectivity index (χ3v) is 4.86. The maximum absolute atomic E-state index is 12.2. The SMILES string of the molecule is C/C=C/CCNC(=O)N1C(C(=O)O)CSC1C1CC1. The number of nitrogens with one attached hydrogen (secondary N) is 1. The maximum Gasteiger partial charge on any atom is 0.327 e. The lowest BCUT2D eigenvalue weighted by atomic mass is 10.2. The molecular weight excluding hydrogens is 264 g/mol. The summed E-state index contributed by atoms with van der Waals surface area (Å²) in [4.78, 5) is 25.0. The smallest absolute Gasteiger partial charge is 0.327 e. The van der Waals surface area contributed by atoms with E-state index in [1.165, 1.54) is 0 Å². The topological polar surface area (TPSA) is 69.6 Å². The predicted octanol–water partition coefficient (Wildman–Crippen LogP) is 1.90. The molecule has 1 saturated heterocycles. The molecule has 2 N–H and O–H groups in total. The normalized spacial score (nSPS) is 26.9. The van der Waals surface area contributed by atoms with E-state index in [1.807, 2.05) is 19.1 Å². The van der Waals surface area contributed by atoms with Crippen LogP contribution < -0.4 is 5.32 Å². The van der Waals surface area contributed by atoms with Gasteiger partial charge < -0.3 is 10.4 Å². The summed E-state index contributed by atoms with van der Waals surface area (Å²) in [6.07, 6.45) is 6.89. The van der Waals surface area contributed by atoms with E-state index in [0.29, 0.717) is 18.2 Å². The molecule has 1 heterocycles. The molecule has 0 spiro atoms. The third-order valence-electron chi connectivity index (χ3n) is 3.40. The fourth-order valence-electron chi connectivity index (χ4n) is 2.24. The molecule has 2 rings (SSSR count). The van der Waals surface area contributed by atoms with E-state index in [0.717, 1.165) is 19.3 Å². The van der Waals surface area contributed by atoms with Crippen LogP contribution in [0, 0.1) is 5.92 Å². The Morgan fingerprint density at radius 2 is 2.21 bits per heavy atom. The number of amides is 2. The molecule has 2 unspecified atom stereocenters. The molecule has 1 saturated carbocycles. The van der Waals surface area contributed by atoms with Crippen molar-refractivity contribution in [2.24, 2.45) is 5.92 Å². The number of carbonyl (C=O) groups excluding carboxylic acids is 1. The minimum atomic E-state index is -0.903. The summed E-state index contributed by atoms with van der Waals surface area (Å²) in [5.74, 6) is 0.0774. The van der Waals surface area contributed by atoms with Crippen molar-refractivity contribution in [1.82, 2.24) is 10.2 Å². The van der Waals surface area contributed by atoms with E-state index < -0.39 is 12.0 Å². The Hall–Kier alpha value is -1.17. The van der Waals surface area contributed by atoms with Crippen LogP contribution in [0.2, 0.25) is 0 Å². The summed E-state index contributed by atoms with van der Waals surface area (Å²) in [5, 5.41) is 12.1. The van der Waals surface area contributed by atoms with Gasteiger partial charge in [0.2, 0.25) is 0 Å². The summed E-state index contributed by atoms with van der Waals surface area (Å²) >= 11 is 1.60. The van der Waals surface area contributed by atoms with Crippen molar-refractivity contribution in [2.45, 2.75) is 37.6 Å². The number of aliphatic carboxylic acids is 1. The van der Waals surface area contributed by atoms with Gasteiger partial charge in [0.25, 0.3) is 0 Å². The van der Waals surface area contributed by atoms with Crippen molar-refractivity contribution in [3.05, 3.63) is 12.2 Å². The van der Waals surface area contributed by atoms with Gasteiger partial charge in [0, 0.05) is 12.3 Å². The third kappa shape index (κ3) is 3.43. The van der Waals surface area contributed by atoms with Crippen LogP contribution in [0.3, 0.4) is 0 Å². The van der Waals surface area contributed by atoms with Crippen molar-refractivity contribution in [3.63, 3.8) is 0 Å². The highest BCUT2D eigenvalue weighted by Crippen LogP contribution is 2.45. The Bertz CT molecular complexity index is 382. The van der Waals surface area contributed by atoms with Gasteiger partial charge in [0.05, 0.1) is 5.37 Å². The second-order valence-corrected chi connectivity index (χ2v) is 6.06. The average Bonchev–Trinajstić information content (AvgIpc) is 3.12. The van der Waals surface area contributed by atoms with Crippen molar-refractivity contribution in [2.75, 3.05) is 12.3 Å². The molecule has 0 aromatic carbocycles. The van der Waals surface area contributed by atoms with Gasteiger partial charge in [0.15, 0.2) is 0 Å². The Morgan fingerprint density at radius 1 is 1.47 bits per heavy atom. The number of rotatable bonds is 5. The van der Waals surface area contributed by atoms with Crippen molar-refractivity contribution < 1.29 is 14.7 Å². The first kappa shape index (κ1) is 14.2. The molecule has 0 radical (unpaired) electrons. The summed E-state index contributed by atoms with van der Waals surface area (Å²) in [7, 11) is 0. The van der Waals surface area contributed by atoms with Crippen LogP contribution >= 0.6 is 11.8 Å². The van der Waals surface area contributed by atoms with E-state index in [9.17, 15) is 14.7 Å². The molecule has 0 aromatic heterocycles. The van der Waals surface area contributed by atoms with Crippen LogP contribution in [0.15, 0.2) is 12.2 Å². The van der Waals surface area contributed by atoms with E-state index in [-0.39, 0.29) is 11.4 Å². The molecule has 5 nitrogen and oxygen atoms in total. The lowest BCUT2D eigenvalue weighted by Crippen LogP contribution is -2.50. The fraction of sp³-hybridized carbons (Fsp3) is 0.692. The van der Waals surface area contributed by atoms with Gasteiger partial charge in [-0.1, -0.05) is 12.2 Å².